The summed E-state index contributed by atoms with van der Waals surface area (Å²) in [5.41, 5.74) is 1.61. The van der Waals surface area contributed by atoms with E-state index in [9.17, 15) is 4.39 Å². The first-order chi connectivity index (χ1) is 8.08. The van der Waals surface area contributed by atoms with Crippen LogP contribution >= 0.6 is 11.6 Å². The molecule has 1 aromatic carbocycles. The average molecular weight is 253 g/mol. The van der Waals surface area contributed by atoms with E-state index in [4.69, 9.17) is 11.6 Å². The third-order valence-corrected chi connectivity index (χ3v) is 2.92. The molecule has 0 N–H and O–H groups in total. The van der Waals surface area contributed by atoms with E-state index in [1.54, 1.807) is 16.9 Å². The fraction of sp³-hybridized carbons (Fsp3) is 0.308. The monoisotopic (exact) mass is 252 g/mol. The molecule has 17 heavy (non-hydrogen) atoms. The van der Waals surface area contributed by atoms with Crippen molar-refractivity contribution < 1.29 is 4.39 Å². The predicted octanol–water partition coefficient (Wildman–Crippen LogP) is 3.85. The molecule has 0 radical (unpaired) electrons. The highest BCUT2D eigenvalue weighted by molar-refractivity contribution is 6.30. The molecule has 1 heterocycles. The summed E-state index contributed by atoms with van der Waals surface area (Å²) >= 11 is 5.90. The van der Waals surface area contributed by atoms with Crippen LogP contribution in [0.15, 0.2) is 30.6 Å². The smallest absolute Gasteiger partial charge is 0.145 e. The Bertz CT molecular complexity index is 506. The van der Waals surface area contributed by atoms with Gasteiger partial charge in [-0.1, -0.05) is 31.5 Å². The van der Waals surface area contributed by atoms with Crippen LogP contribution in [-0.2, 0) is 6.54 Å². The molecule has 2 rings (SSSR count). The molecule has 0 saturated heterocycles. The third kappa shape index (κ3) is 2.67. The zero-order valence-electron chi connectivity index (χ0n) is 9.82. The van der Waals surface area contributed by atoms with Gasteiger partial charge in [-0.05, 0) is 29.2 Å². The van der Waals surface area contributed by atoms with Gasteiger partial charge in [-0.2, -0.15) is 5.10 Å². The normalized spacial score (nSPS) is 11.1. The molecular formula is C13H14ClFN2. The van der Waals surface area contributed by atoms with Crippen LogP contribution in [0, 0.1) is 5.82 Å². The number of hydrogen-bond donors (Lipinski definition) is 0. The van der Waals surface area contributed by atoms with Gasteiger partial charge in [0.15, 0.2) is 0 Å². The molecule has 0 saturated carbocycles. The molecule has 1 aromatic heterocycles. The molecule has 4 heteroatoms. The molecule has 0 amide bonds. The Morgan fingerprint density at radius 1 is 1.41 bits per heavy atom. The Morgan fingerprint density at radius 3 is 2.76 bits per heavy atom. The standard InChI is InChI=1S/C13H14ClFN2/c1-9(2)11-6-10(7-12(14)13(11)15)8-17-5-3-4-16-17/h3-7,9H,8H2,1-2H3. The van der Waals surface area contributed by atoms with E-state index in [-0.39, 0.29) is 16.8 Å². The van der Waals surface area contributed by atoms with Crippen molar-refractivity contribution in [1.82, 2.24) is 9.78 Å². The van der Waals surface area contributed by atoms with Gasteiger partial charge in [0.25, 0.3) is 0 Å². The Labute approximate surface area is 105 Å². The maximum absolute atomic E-state index is 13.8. The van der Waals surface area contributed by atoms with E-state index >= 15 is 0 Å². The minimum atomic E-state index is -0.314. The Hall–Kier alpha value is -1.35. The fourth-order valence-corrected chi connectivity index (χ4v) is 2.01. The second-order valence-corrected chi connectivity index (χ2v) is 4.75. The summed E-state index contributed by atoms with van der Waals surface area (Å²) in [7, 11) is 0. The van der Waals surface area contributed by atoms with E-state index in [1.807, 2.05) is 32.2 Å². The molecular weight excluding hydrogens is 239 g/mol. The van der Waals surface area contributed by atoms with Crippen LogP contribution in [0.5, 0.6) is 0 Å². The highest BCUT2D eigenvalue weighted by Gasteiger charge is 2.12. The topological polar surface area (TPSA) is 17.8 Å². The summed E-state index contributed by atoms with van der Waals surface area (Å²) in [6.07, 6.45) is 3.58. The Balaban J connectivity index is 2.35. The molecule has 0 aliphatic heterocycles. The van der Waals surface area contributed by atoms with Crippen molar-refractivity contribution in [2.24, 2.45) is 0 Å². The van der Waals surface area contributed by atoms with Gasteiger partial charge in [0, 0.05) is 12.4 Å². The van der Waals surface area contributed by atoms with E-state index in [0.717, 1.165) is 5.56 Å². The maximum atomic E-state index is 13.8. The zero-order valence-corrected chi connectivity index (χ0v) is 10.6. The predicted molar refractivity (Wildman–Crippen MR) is 66.8 cm³/mol. The van der Waals surface area contributed by atoms with E-state index < -0.39 is 0 Å². The van der Waals surface area contributed by atoms with Crippen LogP contribution in [0.25, 0.3) is 0 Å². The van der Waals surface area contributed by atoms with E-state index in [0.29, 0.717) is 12.1 Å². The van der Waals surface area contributed by atoms with Gasteiger partial charge in [0.05, 0.1) is 11.6 Å². The first-order valence-corrected chi connectivity index (χ1v) is 5.91. The van der Waals surface area contributed by atoms with Gasteiger partial charge < -0.3 is 0 Å². The van der Waals surface area contributed by atoms with Gasteiger partial charge in [0.2, 0.25) is 0 Å². The Morgan fingerprint density at radius 2 is 2.18 bits per heavy atom. The van der Waals surface area contributed by atoms with Crippen LogP contribution < -0.4 is 0 Å². The SMILES string of the molecule is CC(C)c1cc(Cn2cccn2)cc(Cl)c1F. The van der Waals surface area contributed by atoms with Gasteiger partial charge in [-0.25, -0.2) is 4.39 Å². The van der Waals surface area contributed by atoms with Gasteiger partial charge in [-0.3, -0.25) is 4.68 Å². The van der Waals surface area contributed by atoms with Crippen molar-refractivity contribution in [3.05, 3.63) is 52.6 Å². The largest absolute Gasteiger partial charge is 0.268 e. The number of hydrogen-bond acceptors (Lipinski definition) is 1. The third-order valence-electron chi connectivity index (χ3n) is 2.64. The highest BCUT2D eigenvalue weighted by Crippen LogP contribution is 2.26. The molecule has 0 unspecified atom stereocenters. The van der Waals surface area contributed by atoms with Crippen molar-refractivity contribution in [2.75, 3.05) is 0 Å². The van der Waals surface area contributed by atoms with Gasteiger partial charge in [-0.15, -0.1) is 0 Å². The van der Waals surface area contributed by atoms with Gasteiger partial charge >= 0.3 is 0 Å². The average Bonchev–Trinajstić information content (AvgIpc) is 2.75. The number of aromatic nitrogens is 2. The zero-order chi connectivity index (χ0) is 12.4. The molecule has 90 valence electrons. The first-order valence-electron chi connectivity index (χ1n) is 5.53. The van der Waals surface area contributed by atoms with E-state index in [2.05, 4.69) is 5.10 Å². The molecule has 0 spiro atoms. The minimum absolute atomic E-state index is 0.116. The fourth-order valence-electron chi connectivity index (χ4n) is 1.76. The quantitative estimate of drug-likeness (QED) is 0.811. The molecule has 0 aliphatic rings. The van der Waals surface area contributed by atoms with Crippen LogP contribution in [0.3, 0.4) is 0 Å². The molecule has 0 fully saturated rings. The number of rotatable bonds is 3. The lowest BCUT2D eigenvalue weighted by Crippen LogP contribution is -2.03. The summed E-state index contributed by atoms with van der Waals surface area (Å²) in [4.78, 5) is 0. The highest BCUT2D eigenvalue weighted by atomic mass is 35.5. The first kappa shape index (κ1) is 12.1. The lowest BCUT2D eigenvalue weighted by atomic mass is 10.00. The van der Waals surface area contributed by atoms with Crippen LogP contribution in [0.2, 0.25) is 5.02 Å². The summed E-state index contributed by atoms with van der Waals surface area (Å²) in [6.45, 7) is 4.51. The van der Waals surface area contributed by atoms with Crippen molar-refractivity contribution in [3.8, 4) is 0 Å². The molecule has 2 aromatic rings. The Kier molecular flexibility index (Phi) is 3.48. The van der Waals surface area contributed by atoms with Crippen LogP contribution in [0.4, 0.5) is 4.39 Å². The molecule has 0 bridgehead atoms. The lowest BCUT2D eigenvalue weighted by molar-refractivity contribution is 0.595. The molecule has 0 aliphatic carbocycles. The van der Waals surface area contributed by atoms with E-state index in [1.165, 1.54) is 0 Å². The summed E-state index contributed by atoms with van der Waals surface area (Å²) in [5.74, 6) is -0.198. The van der Waals surface area contributed by atoms with Gasteiger partial charge in [0.1, 0.15) is 5.82 Å². The molecule has 2 nitrogen and oxygen atoms in total. The number of halogens is 2. The number of benzene rings is 1. The number of nitrogens with zero attached hydrogens (tertiary/aromatic N) is 2. The van der Waals surface area contributed by atoms with Crippen LogP contribution in [-0.4, -0.2) is 9.78 Å². The van der Waals surface area contributed by atoms with Crippen molar-refractivity contribution >= 4 is 11.6 Å². The van der Waals surface area contributed by atoms with Crippen molar-refractivity contribution in [3.63, 3.8) is 0 Å². The minimum Gasteiger partial charge on any atom is -0.268 e. The van der Waals surface area contributed by atoms with Crippen molar-refractivity contribution in [1.29, 1.82) is 0 Å². The lowest BCUT2D eigenvalue weighted by Gasteiger charge is -2.11. The second kappa shape index (κ2) is 4.88. The van der Waals surface area contributed by atoms with Crippen LogP contribution in [0.1, 0.15) is 30.9 Å². The second-order valence-electron chi connectivity index (χ2n) is 4.34. The summed E-state index contributed by atoms with van der Waals surface area (Å²) in [5, 5.41) is 4.30. The summed E-state index contributed by atoms with van der Waals surface area (Å²) < 4.78 is 15.5. The maximum Gasteiger partial charge on any atom is 0.145 e. The summed E-state index contributed by atoms with van der Waals surface area (Å²) in [6, 6.07) is 5.37. The molecule has 0 atom stereocenters. The van der Waals surface area contributed by atoms with Crippen molar-refractivity contribution in [2.45, 2.75) is 26.3 Å².